The van der Waals surface area contributed by atoms with Gasteiger partial charge in [-0.15, -0.1) is 0 Å². The van der Waals surface area contributed by atoms with Crippen molar-refractivity contribution in [2.45, 2.75) is 31.7 Å². The van der Waals surface area contributed by atoms with Gasteiger partial charge in [0.25, 0.3) is 0 Å². The van der Waals surface area contributed by atoms with E-state index in [-0.39, 0.29) is 11.5 Å². The van der Waals surface area contributed by atoms with Crippen molar-refractivity contribution in [3.8, 4) is 0 Å². The smallest absolute Gasteiger partial charge is 0.338 e. The molecule has 0 aliphatic carbocycles. The quantitative estimate of drug-likeness (QED) is 0.798. The van der Waals surface area contributed by atoms with Crippen molar-refractivity contribution in [1.29, 1.82) is 0 Å². The van der Waals surface area contributed by atoms with E-state index in [1.807, 2.05) is 25.1 Å². The Kier molecular flexibility index (Phi) is 3.19. The van der Waals surface area contributed by atoms with E-state index in [4.69, 9.17) is 4.74 Å². The van der Waals surface area contributed by atoms with Crippen molar-refractivity contribution in [3.63, 3.8) is 0 Å². The van der Waals surface area contributed by atoms with E-state index < -0.39 is 0 Å². The maximum atomic E-state index is 11.8. The molecule has 1 aromatic carbocycles. The highest BCUT2D eigenvalue weighted by Crippen LogP contribution is 2.38. The maximum absolute atomic E-state index is 11.8. The summed E-state index contributed by atoms with van der Waals surface area (Å²) in [5, 5.41) is 7.05. The van der Waals surface area contributed by atoms with Gasteiger partial charge in [-0.05, 0) is 63.0 Å². The van der Waals surface area contributed by atoms with E-state index in [0.717, 1.165) is 32.4 Å². The lowest BCUT2D eigenvalue weighted by Crippen LogP contribution is -2.46. The Morgan fingerprint density at radius 3 is 2.89 bits per heavy atom. The van der Waals surface area contributed by atoms with Crippen LogP contribution in [0.4, 0.5) is 5.69 Å². The number of fused-ring (bicyclic) bond motifs is 1. The number of hydrogen-bond donors (Lipinski definition) is 2. The Bertz CT molecular complexity index is 493. The molecule has 3 rings (SSSR count). The number of esters is 1. The van der Waals surface area contributed by atoms with Crippen LogP contribution in [0, 0.1) is 0 Å². The third-order valence-electron chi connectivity index (χ3n) is 4.11. The van der Waals surface area contributed by atoms with Crippen molar-refractivity contribution in [3.05, 3.63) is 29.3 Å². The van der Waals surface area contributed by atoms with Crippen molar-refractivity contribution in [2.75, 3.05) is 25.0 Å². The minimum Gasteiger partial charge on any atom is -0.462 e. The van der Waals surface area contributed by atoms with Crippen LogP contribution in [0.5, 0.6) is 0 Å². The minimum atomic E-state index is -0.225. The Balaban J connectivity index is 1.81. The van der Waals surface area contributed by atoms with Crippen LogP contribution in [-0.2, 0) is 11.2 Å². The van der Waals surface area contributed by atoms with E-state index >= 15 is 0 Å². The van der Waals surface area contributed by atoms with Gasteiger partial charge in [-0.25, -0.2) is 4.79 Å². The summed E-state index contributed by atoms with van der Waals surface area (Å²) < 4.78 is 5.06. The number of rotatable bonds is 2. The second kappa shape index (κ2) is 4.85. The number of anilines is 1. The Morgan fingerprint density at radius 2 is 2.16 bits per heavy atom. The van der Waals surface area contributed by atoms with Gasteiger partial charge in [0.05, 0.1) is 12.2 Å². The molecule has 19 heavy (non-hydrogen) atoms. The second-order valence-corrected chi connectivity index (χ2v) is 5.42. The van der Waals surface area contributed by atoms with E-state index in [0.29, 0.717) is 12.2 Å². The highest BCUT2D eigenvalue weighted by Gasteiger charge is 2.37. The maximum Gasteiger partial charge on any atom is 0.338 e. The highest BCUT2D eigenvalue weighted by atomic mass is 16.5. The molecule has 1 saturated heterocycles. The molecule has 2 aliphatic rings. The number of piperidine rings is 1. The zero-order chi connectivity index (χ0) is 13.3. The molecule has 0 atom stereocenters. The number of benzene rings is 1. The summed E-state index contributed by atoms with van der Waals surface area (Å²) in [5.41, 5.74) is 3.27. The molecule has 1 spiro atoms. The summed E-state index contributed by atoms with van der Waals surface area (Å²) in [7, 11) is 0. The lowest BCUT2D eigenvalue weighted by Gasteiger charge is -2.34. The van der Waals surface area contributed by atoms with Gasteiger partial charge >= 0.3 is 5.97 Å². The molecule has 102 valence electrons. The van der Waals surface area contributed by atoms with Crippen molar-refractivity contribution < 1.29 is 9.53 Å². The topological polar surface area (TPSA) is 50.4 Å². The molecule has 2 aliphatic heterocycles. The first-order valence-electron chi connectivity index (χ1n) is 7.01. The predicted octanol–water partition coefficient (Wildman–Crippen LogP) is 1.95. The van der Waals surface area contributed by atoms with E-state index in [9.17, 15) is 4.79 Å². The monoisotopic (exact) mass is 260 g/mol. The van der Waals surface area contributed by atoms with Crippen LogP contribution in [0.3, 0.4) is 0 Å². The largest absolute Gasteiger partial charge is 0.462 e. The van der Waals surface area contributed by atoms with E-state index in [1.165, 1.54) is 11.3 Å². The third kappa shape index (κ3) is 2.32. The number of ether oxygens (including phenoxy) is 1. The second-order valence-electron chi connectivity index (χ2n) is 5.42. The molecule has 0 amide bonds. The molecule has 1 fully saturated rings. The SMILES string of the molecule is CCOC(=O)c1ccc2c(c1)CC1(CCNCC1)N2. The average Bonchev–Trinajstić information content (AvgIpc) is 2.76. The van der Waals surface area contributed by atoms with Gasteiger partial charge in [0.2, 0.25) is 0 Å². The van der Waals surface area contributed by atoms with Crippen molar-refractivity contribution >= 4 is 11.7 Å². The number of carbonyl (C=O) groups excluding carboxylic acids is 1. The summed E-state index contributed by atoms with van der Waals surface area (Å²) in [6.45, 7) is 4.37. The van der Waals surface area contributed by atoms with Crippen LogP contribution in [0.15, 0.2) is 18.2 Å². The molecule has 4 nitrogen and oxygen atoms in total. The summed E-state index contributed by atoms with van der Waals surface area (Å²) in [6, 6.07) is 5.85. The Hall–Kier alpha value is -1.55. The minimum absolute atomic E-state index is 0.195. The average molecular weight is 260 g/mol. The van der Waals surface area contributed by atoms with Crippen LogP contribution in [-0.4, -0.2) is 31.2 Å². The Morgan fingerprint density at radius 1 is 1.37 bits per heavy atom. The van der Waals surface area contributed by atoms with Gasteiger partial charge in [0.1, 0.15) is 0 Å². The first-order chi connectivity index (χ1) is 9.22. The van der Waals surface area contributed by atoms with Gasteiger partial charge in [-0.2, -0.15) is 0 Å². The van der Waals surface area contributed by atoms with Gasteiger partial charge in [-0.1, -0.05) is 0 Å². The first kappa shape index (κ1) is 12.5. The summed E-state index contributed by atoms with van der Waals surface area (Å²) >= 11 is 0. The standard InChI is InChI=1S/C15H20N2O2/c1-2-19-14(18)11-3-4-13-12(9-11)10-15(17-13)5-7-16-8-6-15/h3-4,9,16-17H,2,5-8,10H2,1H3. The Labute approximate surface area is 113 Å². The van der Waals surface area contributed by atoms with Crippen LogP contribution < -0.4 is 10.6 Å². The summed E-state index contributed by atoms with van der Waals surface area (Å²) in [5.74, 6) is -0.225. The molecule has 0 radical (unpaired) electrons. The molecule has 0 unspecified atom stereocenters. The zero-order valence-corrected chi connectivity index (χ0v) is 11.3. The molecule has 2 N–H and O–H groups in total. The summed E-state index contributed by atoms with van der Waals surface area (Å²) in [6.07, 6.45) is 3.28. The molecular formula is C15H20N2O2. The van der Waals surface area contributed by atoms with E-state index in [2.05, 4.69) is 10.6 Å². The normalized spacial score (nSPS) is 19.8. The van der Waals surface area contributed by atoms with Gasteiger partial charge in [-0.3, -0.25) is 0 Å². The summed E-state index contributed by atoms with van der Waals surface area (Å²) in [4.78, 5) is 11.8. The van der Waals surface area contributed by atoms with Crippen LogP contribution in [0.25, 0.3) is 0 Å². The molecule has 0 saturated carbocycles. The fourth-order valence-corrected chi connectivity index (χ4v) is 3.10. The molecule has 1 aromatic rings. The molecule has 0 aromatic heterocycles. The molecule has 4 heteroatoms. The lowest BCUT2D eigenvalue weighted by atomic mass is 9.85. The predicted molar refractivity (Wildman–Crippen MR) is 74.6 cm³/mol. The van der Waals surface area contributed by atoms with Crippen LogP contribution >= 0.6 is 0 Å². The van der Waals surface area contributed by atoms with Crippen molar-refractivity contribution in [1.82, 2.24) is 5.32 Å². The zero-order valence-electron chi connectivity index (χ0n) is 11.3. The van der Waals surface area contributed by atoms with Crippen molar-refractivity contribution in [2.24, 2.45) is 0 Å². The number of hydrogen-bond acceptors (Lipinski definition) is 4. The van der Waals surface area contributed by atoms with Crippen LogP contribution in [0.1, 0.15) is 35.7 Å². The van der Waals surface area contributed by atoms with Gasteiger partial charge < -0.3 is 15.4 Å². The fourth-order valence-electron chi connectivity index (χ4n) is 3.10. The number of carbonyl (C=O) groups is 1. The fraction of sp³-hybridized carbons (Fsp3) is 0.533. The molecular weight excluding hydrogens is 240 g/mol. The number of nitrogens with one attached hydrogen (secondary N) is 2. The highest BCUT2D eigenvalue weighted by molar-refractivity contribution is 5.90. The lowest BCUT2D eigenvalue weighted by molar-refractivity contribution is 0.0526. The van der Waals surface area contributed by atoms with Crippen LogP contribution in [0.2, 0.25) is 0 Å². The molecule has 0 bridgehead atoms. The van der Waals surface area contributed by atoms with E-state index in [1.54, 1.807) is 0 Å². The first-order valence-corrected chi connectivity index (χ1v) is 7.01. The third-order valence-corrected chi connectivity index (χ3v) is 4.11. The molecule has 2 heterocycles. The van der Waals surface area contributed by atoms with Gasteiger partial charge in [0, 0.05) is 11.2 Å². The van der Waals surface area contributed by atoms with Gasteiger partial charge in [0.15, 0.2) is 0 Å².